The van der Waals surface area contributed by atoms with Crippen LogP contribution in [0.25, 0.3) is 0 Å². The summed E-state index contributed by atoms with van der Waals surface area (Å²) in [7, 11) is -1.56. The van der Waals surface area contributed by atoms with Gasteiger partial charge in [0.25, 0.3) is 0 Å². The number of hydrogen-bond donors (Lipinski definition) is 1. The number of nitrogens with one attached hydrogen (secondary N) is 1. The van der Waals surface area contributed by atoms with Crippen molar-refractivity contribution < 1.29 is 27.5 Å². The molecule has 0 saturated heterocycles. The predicted octanol–water partition coefficient (Wildman–Crippen LogP) is 2.75. The third kappa shape index (κ3) is 3.12. The highest BCUT2D eigenvalue weighted by Gasteiger charge is 2.61. The molecule has 0 aliphatic heterocycles. The molecule has 7 nitrogen and oxygen atoms in total. The number of carbonyl (C=O) groups is 2. The Morgan fingerprint density at radius 1 is 1.04 bits per heavy atom. The molecule has 2 fully saturated rings. The first kappa shape index (κ1) is 20.8. The van der Waals surface area contributed by atoms with E-state index in [0.29, 0.717) is 5.92 Å². The van der Waals surface area contributed by atoms with Crippen molar-refractivity contribution in [2.24, 2.45) is 16.7 Å². The van der Waals surface area contributed by atoms with Crippen LogP contribution < -0.4 is 4.72 Å². The fourth-order valence-electron chi connectivity index (χ4n) is 4.86. The number of carbonyl (C=O) groups excluding carboxylic acids is 2. The molecule has 0 spiro atoms. The lowest BCUT2D eigenvalue weighted by molar-refractivity contribution is 0.0598. The van der Waals surface area contributed by atoms with E-state index in [4.69, 9.17) is 0 Å². The molecule has 3 rings (SSSR count). The quantitative estimate of drug-likeness (QED) is 0.751. The normalized spacial score (nSPS) is 28.2. The molecule has 1 aromatic rings. The zero-order valence-corrected chi connectivity index (χ0v) is 17.7. The SMILES string of the molecule is COC(=O)c1cc(C(=O)OC)cc(S(=O)(=O)N[C@@H]2C[C@H]3CC[C@@]2(C)C3(C)C)c1. The van der Waals surface area contributed by atoms with Gasteiger partial charge < -0.3 is 9.47 Å². The maximum absolute atomic E-state index is 13.1. The van der Waals surface area contributed by atoms with Crippen LogP contribution >= 0.6 is 0 Å². The summed E-state index contributed by atoms with van der Waals surface area (Å²) in [6, 6.07) is 3.51. The Morgan fingerprint density at radius 2 is 1.57 bits per heavy atom. The molecule has 0 heterocycles. The van der Waals surface area contributed by atoms with Crippen molar-refractivity contribution in [1.82, 2.24) is 4.72 Å². The van der Waals surface area contributed by atoms with Crippen LogP contribution in [-0.2, 0) is 19.5 Å². The molecule has 154 valence electrons. The van der Waals surface area contributed by atoms with E-state index < -0.39 is 22.0 Å². The van der Waals surface area contributed by atoms with Crippen LogP contribution in [0.3, 0.4) is 0 Å². The van der Waals surface area contributed by atoms with Crippen LogP contribution in [-0.4, -0.2) is 40.6 Å². The topological polar surface area (TPSA) is 98.8 Å². The largest absolute Gasteiger partial charge is 0.465 e. The van der Waals surface area contributed by atoms with E-state index >= 15 is 0 Å². The van der Waals surface area contributed by atoms with Gasteiger partial charge in [-0.15, -0.1) is 0 Å². The van der Waals surface area contributed by atoms with Crippen molar-refractivity contribution in [1.29, 1.82) is 0 Å². The monoisotopic (exact) mass is 409 g/mol. The second-order valence-electron chi connectivity index (χ2n) is 8.51. The van der Waals surface area contributed by atoms with Gasteiger partial charge in [-0.2, -0.15) is 0 Å². The van der Waals surface area contributed by atoms with Crippen molar-refractivity contribution in [3.8, 4) is 0 Å². The van der Waals surface area contributed by atoms with E-state index in [1.807, 2.05) is 0 Å². The molecule has 1 aromatic carbocycles. The van der Waals surface area contributed by atoms with Crippen molar-refractivity contribution in [3.05, 3.63) is 29.3 Å². The summed E-state index contributed by atoms with van der Waals surface area (Å²) in [4.78, 5) is 23.7. The lowest BCUT2D eigenvalue weighted by Crippen LogP contribution is -2.46. The Kier molecular flexibility index (Phi) is 5.08. The van der Waals surface area contributed by atoms with E-state index in [1.54, 1.807) is 0 Å². The summed E-state index contributed by atoms with van der Waals surface area (Å²) < 4.78 is 38.5. The molecular weight excluding hydrogens is 382 g/mol. The van der Waals surface area contributed by atoms with Gasteiger partial charge in [0.15, 0.2) is 0 Å². The second kappa shape index (κ2) is 6.84. The molecule has 0 aromatic heterocycles. The molecule has 1 N–H and O–H groups in total. The summed E-state index contributed by atoms with van der Waals surface area (Å²) in [5.41, 5.74) is -0.142. The highest BCUT2D eigenvalue weighted by molar-refractivity contribution is 7.89. The molecule has 3 atom stereocenters. The van der Waals surface area contributed by atoms with Crippen molar-refractivity contribution in [3.63, 3.8) is 0 Å². The predicted molar refractivity (Wildman–Crippen MR) is 102 cm³/mol. The third-order valence-corrected chi connectivity index (χ3v) is 8.60. The van der Waals surface area contributed by atoms with Crippen molar-refractivity contribution in [2.45, 2.75) is 51.0 Å². The van der Waals surface area contributed by atoms with E-state index in [1.165, 1.54) is 32.4 Å². The molecular formula is C20H27NO6S. The average Bonchev–Trinajstić information content (AvgIpc) is 2.99. The molecule has 2 saturated carbocycles. The number of rotatable bonds is 5. The third-order valence-electron chi connectivity index (χ3n) is 7.15. The van der Waals surface area contributed by atoms with Crippen LogP contribution in [0, 0.1) is 16.7 Å². The summed E-state index contributed by atoms with van der Waals surface area (Å²) >= 11 is 0. The van der Waals surface area contributed by atoms with Gasteiger partial charge in [-0.25, -0.2) is 22.7 Å². The average molecular weight is 410 g/mol. The van der Waals surface area contributed by atoms with Gasteiger partial charge in [0.2, 0.25) is 10.0 Å². The minimum absolute atomic E-state index is 0.0229. The van der Waals surface area contributed by atoms with E-state index in [-0.39, 0.29) is 32.9 Å². The van der Waals surface area contributed by atoms with Crippen LogP contribution in [0.4, 0.5) is 0 Å². The Hall–Kier alpha value is -1.93. The van der Waals surface area contributed by atoms with E-state index in [0.717, 1.165) is 19.3 Å². The second-order valence-corrected chi connectivity index (χ2v) is 10.2. The zero-order chi connectivity index (χ0) is 20.9. The maximum Gasteiger partial charge on any atom is 0.337 e. The molecule has 0 amide bonds. The molecule has 0 unspecified atom stereocenters. The number of benzene rings is 1. The van der Waals surface area contributed by atoms with Gasteiger partial charge >= 0.3 is 11.9 Å². The number of esters is 2. The fourth-order valence-corrected chi connectivity index (χ4v) is 6.29. The van der Waals surface area contributed by atoms with Crippen molar-refractivity contribution >= 4 is 22.0 Å². The van der Waals surface area contributed by atoms with Gasteiger partial charge in [0.1, 0.15) is 0 Å². The Morgan fingerprint density at radius 3 is 1.96 bits per heavy atom. The van der Waals surface area contributed by atoms with Gasteiger partial charge in [0, 0.05) is 6.04 Å². The molecule has 2 bridgehead atoms. The molecule has 8 heteroatoms. The van der Waals surface area contributed by atoms with Crippen LogP contribution in [0.15, 0.2) is 23.1 Å². The molecule has 2 aliphatic rings. The van der Waals surface area contributed by atoms with Crippen LogP contribution in [0.2, 0.25) is 0 Å². The lowest BCUT2D eigenvalue weighted by atomic mass is 9.69. The maximum atomic E-state index is 13.1. The summed E-state index contributed by atoms with van der Waals surface area (Å²) in [5.74, 6) is -0.984. The molecule has 0 radical (unpaired) electrons. The van der Waals surface area contributed by atoms with Crippen LogP contribution in [0.1, 0.15) is 60.7 Å². The Labute approximate surface area is 165 Å². The van der Waals surface area contributed by atoms with Gasteiger partial charge in [-0.3, -0.25) is 0 Å². The standard InChI is InChI=1S/C20H27NO6S/c1-19(2)14-6-7-20(19,3)16(11-14)21-28(24,25)15-9-12(17(22)26-4)8-13(10-15)18(23)27-5/h8-10,14,16,21H,6-7,11H2,1-5H3/t14-,16-,20-/m1/s1. The van der Waals surface area contributed by atoms with Gasteiger partial charge in [0.05, 0.1) is 30.2 Å². The van der Waals surface area contributed by atoms with Gasteiger partial charge in [-0.1, -0.05) is 20.8 Å². The minimum Gasteiger partial charge on any atom is -0.465 e. The number of ether oxygens (including phenoxy) is 2. The number of sulfonamides is 1. The van der Waals surface area contributed by atoms with Crippen LogP contribution in [0.5, 0.6) is 0 Å². The van der Waals surface area contributed by atoms with Crippen molar-refractivity contribution in [2.75, 3.05) is 14.2 Å². The van der Waals surface area contributed by atoms with E-state index in [9.17, 15) is 18.0 Å². The summed E-state index contributed by atoms with van der Waals surface area (Å²) in [6.45, 7) is 6.54. The lowest BCUT2D eigenvalue weighted by Gasteiger charge is -2.39. The summed E-state index contributed by atoms with van der Waals surface area (Å²) in [5, 5.41) is 0. The molecule has 2 aliphatic carbocycles. The number of methoxy groups -OCH3 is 2. The Bertz CT molecular complexity index is 888. The number of hydrogen-bond acceptors (Lipinski definition) is 6. The smallest absolute Gasteiger partial charge is 0.337 e. The minimum atomic E-state index is -3.95. The van der Waals surface area contributed by atoms with Gasteiger partial charge in [-0.05, 0) is 54.2 Å². The first-order chi connectivity index (χ1) is 13.0. The Balaban J connectivity index is 1.98. The highest BCUT2D eigenvalue weighted by Crippen LogP contribution is 2.65. The highest BCUT2D eigenvalue weighted by atomic mass is 32.2. The molecule has 28 heavy (non-hydrogen) atoms. The number of fused-ring (bicyclic) bond motifs is 2. The first-order valence-corrected chi connectivity index (χ1v) is 10.8. The van der Waals surface area contributed by atoms with E-state index in [2.05, 4.69) is 35.0 Å². The summed E-state index contributed by atoms with van der Waals surface area (Å²) in [6.07, 6.45) is 2.85. The first-order valence-electron chi connectivity index (χ1n) is 9.30. The zero-order valence-electron chi connectivity index (χ0n) is 16.9. The fraction of sp³-hybridized carbons (Fsp3) is 0.600.